The molecule has 2 aromatic carbocycles. The Morgan fingerprint density at radius 1 is 0.967 bits per heavy atom. The van der Waals surface area contributed by atoms with E-state index in [4.69, 9.17) is 8.83 Å². The fourth-order valence-corrected chi connectivity index (χ4v) is 3.83. The van der Waals surface area contributed by atoms with E-state index in [0.29, 0.717) is 5.69 Å². The van der Waals surface area contributed by atoms with Crippen LogP contribution in [0, 0.1) is 11.6 Å². The van der Waals surface area contributed by atoms with Gasteiger partial charge in [0.05, 0.1) is 5.39 Å². The topological polar surface area (TPSA) is 62.7 Å². The molecule has 1 fully saturated rings. The molecule has 6 nitrogen and oxygen atoms in total. The number of fused-ring (bicyclic) bond motifs is 2. The molecule has 0 radical (unpaired) electrons. The van der Waals surface area contributed by atoms with Crippen LogP contribution in [-0.2, 0) is 0 Å². The van der Waals surface area contributed by atoms with Gasteiger partial charge in [0.1, 0.15) is 22.5 Å². The third-order valence-corrected chi connectivity index (χ3v) is 5.47. The van der Waals surface area contributed by atoms with E-state index in [2.05, 4.69) is 21.8 Å². The van der Waals surface area contributed by atoms with E-state index in [9.17, 15) is 13.6 Å². The summed E-state index contributed by atoms with van der Waals surface area (Å²) in [4.78, 5) is 21.0. The second kappa shape index (κ2) is 7.21. The van der Waals surface area contributed by atoms with E-state index >= 15 is 0 Å². The zero-order valence-electron chi connectivity index (χ0n) is 16.3. The summed E-state index contributed by atoms with van der Waals surface area (Å²) in [5, 5.41) is 0.142. The molecule has 1 saturated heterocycles. The zero-order valence-corrected chi connectivity index (χ0v) is 16.3. The number of rotatable bonds is 2. The summed E-state index contributed by atoms with van der Waals surface area (Å²) in [5.41, 5.74) is 0.261. The van der Waals surface area contributed by atoms with Crippen molar-refractivity contribution >= 4 is 27.8 Å². The number of oxazole rings is 1. The first-order valence-corrected chi connectivity index (χ1v) is 9.76. The van der Waals surface area contributed by atoms with Crippen LogP contribution in [0.4, 0.5) is 14.5 Å². The van der Waals surface area contributed by atoms with Crippen molar-refractivity contribution < 1.29 is 17.6 Å². The number of hydrogen-bond acceptors (Lipinski definition) is 6. The summed E-state index contributed by atoms with van der Waals surface area (Å²) in [7, 11) is 2.06. The molecule has 0 amide bonds. The summed E-state index contributed by atoms with van der Waals surface area (Å²) in [6.07, 6.45) is 0.966. The number of halogens is 2. The normalized spacial score (nSPS) is 15.8. The first-order chi connectivity index (χ1) is 14.5. The fourth-order valence-electron chi connectivity index (χ4n) is 3.83. The minimum absolute atomic E-state index is 0.00829. The molecule has 0 N–H and O–H groups in total. The Kier molecular flexibility index (Phi) is 4.51. The van der Waals surface area contributed by atoms with Gasteiger partial charge in [-0.1, -0.05) is 6.07 Å². The number of anilines is 1. The van der Waals surface area contributed by atoms with Crippen LogP contribution >= 0.6 is 0 Å². The molecular formula is C22H19F2N3O3. The van der Waals surface area contributed by atoms with Crippen LogP contribution in [0.25, 0.3) is 33.5 Å². The lowest BCUT2D eigenvalue weighted by Crippen LogP contribution is -2.28. The predicted molar refractivity (Wildman–Crippen MR) is 110 cm³/mol. The van der Waals surface area contributed by atoms with Crippen LogP contribution < -0.4 is 10.5 Å². The highest BCUT2D eigenvalue weighted by Crippen LogP contribution is 2.30. The predicted octanol–water partition coefficient (Wildman–Crippen LogP) is 4.02. The second-order valence-electron chi connectivity index (χ2n) is 7.54. The molecule has 0 unspecified atom stereocenters. The lowest BCUT2D eigenvalue weighted by Gasteiger charge is -2.23. The molecule has 154 valence electrons. The largest absolute Gasteiger partial charge is 0.436 e. The van der Waals surface area contributed by atoms with Crippen molar-refractivity contribution in [2.45, 2.75) is 6.42 Å². The van der Waals surface area contributed by atoms with E-state index in [1.54, 1.807) is 12.1 Å². The van der Waals surface area contributed by atoms with Gasteiger partial charge in [-0.15, -0.1) is 0 Å². The van der Waals surface area contributed by atoms with Crippen LogP contribution in [0.3, 0.4) is 0 Å². The van der Waals surface area contributed by atoms with Gasteiger partial charge in [0.25, 0.3) is 0 Å². The van der Waals surface area contributed by atoms with Gasteiger partial charge in [-0.3, -0.25) is 0 Å². The van der Waals surface area contributed by atoms with Crippen LogP contribution in [-0.4, -0.2) is 43.1 Å². The van der Waals surface area contributed by atoms with Crippen LogP contribution in [0.1, 0.15) is 6.42 Å². The monoisotopic (exact) mass is 411 g/mol. The maximum Gasteiger partial charge on any atom is 0.349 e. The summed E-state index contributed by atoms with van der Waals surface area (Å²) in [6.45, 7) is 3.41. The average Bonchev–Trinajstić information content (AvgIpc) is 3.03. The van der Waals surface area contributed by atoms with Gasteiger partial charge < -0.3 is 18.6 Å². The van der Waals surface area contributed by atoms with Gasteiger partial charge in [-0.05, 0) is 44.3 Å². The first kappa shape index (κ1) is 18.7. The Labute approximate surface area is 170 Å². The molecule has 0 saturated carbocycles. The van der Waals surface area contributed by atoms with Gasteiger partial charge >= 0.3 is 5.63 Å². The van der Waals surface area contributed by atoms with Gasteiger partial charge in [0.15, 0.2) is 11.4 Å². The van der Waals surface area contributed by atoms with Crippen LogP contribution in [0.15, 0.2) is 50.0 Å². The smallest absolute Gasteiger partial charge is 0.349 e. The molecular weight excluding hydrogens is 392 g/mol. The van der Waals surface area contributed by atoms with E-state index in [1.807, 2.05) is 0 Å². The third-order valence-electron chi connectivity index (χ3n) is 5.47. The highest BCUT2D eigenvalue weighted by atomic mass is 19.1. The van der Waals surface area contributed by atoms with Crippen LogP contribution in [0.5, 0.6) is 0 Å². The number of benzene rings is 2. The summed E-state index contributed by atoms with van der Waals surface area (Å²) < 4.78 is 39.8. The second-order valence-corrected chi connectivity index (χ2v) is 7.54. The van der Waals surface area contributed by atoms with Crippen molar-refractivity contribution in [3.05, 3.63) is 58.5 Å². The minimum atomic E-state index is -0.721. The lowest BCUT2D eigenvalue weighted by molar-refractivity contribution is 0.360. The highest BCUT2D eigenvalue weighted by Gasteiger charge is 2.20. The Balaban J connectivity index is 1.59. The molecule has 1 aliphatic rings. The minimum Gasteiger partial charge on any atom is -0.436 e. The molecule has 8 heteroatoms. The summed E-state index contributed by atoms with van der Waals surface area (Å²) >= 11 is 0. The van der Waals surface area contributed by atoms with E-state index in [0.717, 1.165) is 32.6 Å². The van der Waals surface area contributed by atoms with Crippen molar-refractivity contribution in [1.29, 1.82) is 0 Å². The maximum absolute atomic E-state index is 15.0. The van der Waals surface area contributed by atoms with Gasteiger partial charge in [-0.25, -0.2) is 18.6 Å². The molecule has 2 aromatic heterocycles. The molecule has 0 atom stereocenters. The van der Waals surface area contributed by atoms with Gasteiger partial charge in [0, 0.05) is 31.4 Å². The Hall–Kier alpha value is -3.26. The van der Waals surface area contributed by atoms with E-state index in [-0.39, 0.29) is 33.5 Å². The molecule has 0 aliphatic carbocycles. The standard InChI is InChI=1S/C22H19F2N3O3/c1-26-6-3-7-27(9-8-26)13-10-17(24)14-12-15(22(28)30-19(14)11-13)21-25-20-16(23)4-2-5-18(20)29-21/h2,4-5,10-12H,3,6-9H2,1H3. The number of hydrogen-bond donors (Lipinski definition) is 0. The molecule has 0 spiro atoms. The molecule has 0 bridgehead atoms. The Morgan fingerprint density at radius 2 is 1.83 bits per heavy atom. The lowest BCUT2D eigenvalue weighted by atomic mass is 10.1. The number of para-hydroxylation sites is 1. The van der Waals surface area contributed by atoms with Crippen molar-refractivity contribution in [1.82, 2.24) is 9.88 Å². The van der Waals surface area contributed by atoms with E-state index in [1.165, 1.54) is 24.3 Å². The SMILES string of the molecule is CN1CCCN(c2cc(F)c3cc(-c4nc5c(F)cccc5o4)c(=O)oc3c2)CC1. The van der Waals surface area contributed by atoms with Gasteiger partial charge in [-0.2, -0.15) is 0 Å². The van der Waals surface area contributed by atoms with Crippen molar-refractivity contribution in [3.8, 4) is 11.5 Å². The van der Waals surface area contributed by atoms with Gasteiger partial charge in [0.2, 0.25) is 5.89 Å². The Bertz CT molecular complexity index is 1310. The van der Waals surface area contributed by atoms with E-state index < -0.39 is 17.3 Å². The van der Waals surface area contributed by atoms with Crippen molar-refractivity contribution in [2.24, 2.45) is 0 Å². The average molecular weight is 411 g/mol. The summed E-state index contributed by atoms with van der Waals surface area (Å²) in [5.74, 6) is -1.18. The third kappa shape index (κ3) is 3.23. The van der Waals surface area contributed by atoms with Crippen molar-refractivity contribution in [2.75, 3.05) is 38.1 Å². The maximum atomic E-state index is 15.0. The molecule has 3 heterocycles. The highest BCUT2D eigenvalue weighted by molar-refractivity contribution is 5.85. The number of aromatic nitrogens is 1. The molecule has 30 heavy (non-hydrogen) atoms. The van der Waals surface area contributed by atoms with Crippen molar-refractivity contribution in [3.63, 3.8) is 0 Å². The fraction of sp³-hybridized carbons (Fsp3) is 0.273. The zero-order chi connectivity index (χ0) is 20.8. The quantitative estimate of drug-likeness (QED) is 0.465. The first-order valence-electron chi connectivity index (χ1n) is 9.76. The number of likely N-dealkylation sites (N-methyl/N-ethyl adjacent to an activating group) is 1. The number of nitrogens with zero attached hydrogens (tertiary/aromatic N) is 3. The molecule has 1 aliphatic heterocycles. The Morgan fingerprint density at radius 3 is 2.67 bits per heavy atom. The molecule has 4 aromatic rings. The van der Waals surface area contributed by atoms with Crippen LogP contribution in [0.2, 0.25) is 0 Å². The molecule has 5 rings (SSSR count). The summed E-state index contributed by atoms with van der Waals surface area (Å²) in [6, 6.07) is 8.75.